The van der Waals surface area contributed by atoms with Crippen LogP contribution in [0.1, 0.15) is 34.1 Å². The van der Waals surface area contributed by atoms with Crippen LogP contribution in [0.2, 0.25) is 0 Å². The van der Waals surface area contributed by atoms with Gasteiger partial charge in [0.2, 0.25) is 0 Å². The number of carbonyl (C=O) groups excluding carboxylic acids is 1. The molecule has 0 aliphatic carbocycles. The Morgan fingerprint density at radius 1 is 0.891 bits per heavy atom. The van der Waals surface area contributed by atoms with Gasteiger partial charge < -0.3 is 20.9 Å². The molecule has 2 aromatic heterocycles. The lowest BCUT2D eigenvalue weighted by atomic mass is 9.79. The second kappa shape index (κ2) is 13.5. The summed E-state index contributed by atoms with van der Waals surface area (Å²) in [6.45, 7) is 1.48. The van der Waals surface area contributed by atoms with Gasteiger partial charge in [-0.3, -0.25) is 9.78 Å². The fourth-order valence-electron chi connectivity index (χ4n) is 3.81. The van der Waals surface area contributed by atoms with Gasteiger partial charge in [0.25, 0.3) is 0 Å². The van der Waals surface area contributed by atoms with E-state index < -0.39 is 61.0 Å². The molecule has 0 radical (unpaired) electrons. The predicted molar refractivity (Wildman–Crippen MR) is 149 cm³/mol. The number of esters is 1. The van der Waals surface area contributed by atoms with Crippen molar-refractivity contribution >= 4 is 27.4 Å². The molecule has 0 spiro atoms. The van der Waals surface area contributed by atoms with Gasteiger partial charge in [0.15, 0.2) is 13.2 Å². The number of ether oxygens (including phenoxy) is 5. The minimum absolute atomic E-state index is 0.0240. The van der Waals surface area contributed by atoms with E-state index in [1.54, 1.807) is 44.4 Å². The Bertz CT molecular complexity index is 1480. The van der Waals surface area contributed by atoms with Gasteiger partial charge >= 0.3 is 30.8 Å². The number of pyridine rings is 1. The Balaban J connectivity index is 1.55. The van der Waals surface area contributed by atoms with Crippen molar-refractivity contribution in [3.8, 4) is 16.2 Å². The number of carbonyl (C=O) groups is 1. The summed E-state index contributed by atoms with van der Waals surface area (Å²) >= 11 is 1.25. The zero-order valence-electron chi connectivity index (χ0n) is 24.8. The number of aromatic nitrogens is 1. The number of nitrogens with two attached hydrogens (primary N) is 2. The second-order valence-electron chi connectivity index (χ2n) is 11.4. The average Bonchev–Trinajstić information content (AvgIpc) is 3.32. The molecule has 0 aliphatic heterocycles. The molecule has 0 saturated carbocycles. The number of rotatable bonds is 16. The first-order valence-electron chi connectivity index (χ1n) is 13.3. The molecular formula is C28H31F8N3O6S. The summed E-state index contributed by atoms with van der Waals surface area (Å²) in [4.78, 5) is 17.1. The van der Waals surface area contributed by atoms with E-state index in [2.05, 4.69) is 23.9 Å². The van der Waals surface area contributed by atoms with Gasteiger partial charge in [-0.15, -0.1) is 28.9 Å². The zero-order chi connectivity index (χ0) is 34.8. The van der Waals surface area contributed by atoms with Crippen LogP contribution < -0.4 is 16.2 Å². The van der Waals surface area contributed by atoms with Crippen molar-refractivity contribution in [3.05, 3.63) is 48.8 Å². The van der Waals surface area contributed by atoms with Gasteiger partial charge in [0, 0.05) is 39.1 Å². The Morgan fingerprint density at radius 2 is 1.50 bits per heavy atom. The minimum atomic E-state index is -5.91. The smallest absolute Gasteiger partial charge is 0.484 e. The Labute approximate surface area is 261 Å². The third-order valence-corrected chi connectivity index (χ3v) is 7.34. The number of alkyl halides is 8. The summed E-state index contributed by atoms with van der Waals surface area (Å²) in [6, 6.07) is 8.36. The van der Waals surface area contributed by atoms with Gasteiger partial charge in [-0.05, 0) is 69.8 Å². The second-order valence-corrected chi connectivity index (χ2v) is 12.5. The van der Waals surface area contributed by atoms with Crippen molar-refractivity contribution in [1.82, 2.24) is 4.98 Å². The van der Waals surface area contributed by atoms with Crippen LogP contribution in [-0.2, 0) is 23.7 Å². The molecule has 1 unspecified atom stereocenters. The highest BCUT2D eigenvalue weighted by atomic mass is 32.1. The van der Waals surface area contributed by atoms with E-state index in [1.165, 1.54) is 43.4 Å². The number of hydrogen-bond acceptors (Lipinski definition) is 10. The maximum atomic E-state index is 14.1. The van der Waals surface area contributed by atoms with Gasteiger partial charge in [0.05, 0.1) is 5.41 Å². The lowest BCUT2D eigenvalue weighted by Gasteiger charge is -2.34. The predicted octanol–water partition coefficient (Wildman–Crippen LogP) is 6.70. The molecule has 4 N–H and O–H groups in total. The molecule has 0 fully saturated rings. The molecule has 0 bridgehead atoms. The Hall–Kier alpha value is -3.16. The van der Waals surface area contributed by atoms with E-state index >= 15 is 0 Å². The van der Waals surface area contributed by atoms with E-state index in [0.717, 1.165) is 10.4 Å². The standard InChI is InChI=1S/C28H31F8N3O6S/c1-23(2,38)12-21(37)24(3,4)22(40)42-15-26(31,32)44-28(35,36)45-27(33,34)43-25(29,30)14-41-18-8-7-16-10-19(46-20(16)11-18)17-6-5-9-39-13-17/h5-11,13,21H,12,14-15,37-38H2,1-4H3. The van der Waals surface area contributed by atoms with Crippen LogP contribution in [0.15, 0.2) is 48.8 Å². The van der Waals surface area contributed by atoms with Gasteiger partial charge in [-0.2, -0.15) is 17.6 Å². The number of nitrogens with zero attached hydrogens (tertiary/aromatic N) is 1. The third kappa shape index (κ3) is 11.0. The first-order valence-corrected chi connectivity index (χ1v) is 14.1. The fraction of sp³-hybridized carbons (Fsp3) is 0.500. The molecule has 46 heavy (non-hydrogen) atoms. The molecule has 256 valence electrons. The molecule has 18 heteroatoms. The van der Waals surface area contributed by atoms with Crippen LogP contribution >= 0.6 is 11.3 Å². The number of benzene rings is 1. The molecule has 3 aromatic rings. The van der Waals surface area contributed by atoms with Crippen molar-refractivity contribution in [2.45, 2.75) is 70.5 Å². The van der Waals surface area contributed by atoms with Crippen molar-refractivity contribution in [1.29, 1.82) is 0 Å². The summed E-state index contributed by atoms with van der Waals surface area (Å²) in [5, 5.41) is 0.705. The average molecular weight is 690 g/mol. The molecule has 0 aliphatic rings. The molecule has 3 rings (SSSR count). The number of hydrogen-bond donors (Lipinski definition) is 2. The number of halogens is 8. The Morgan fingerprint density at radius 3 is 2.07 bits per heavy atom. The topological polar surface area (TPSA) is 128 Å². The highest BCUT2D eigenvalue weighted by Crippen LogP contribution is 2.39. The molecule has 9 nitrogen and oxygen atoms in total. The highest BCUT2D eigenvalue weighted by Gasteiger charge is 2.57. The molecule has 1 aromatic carbocycles. The van der Waals surface area contributed by atoms with Crippen molar-refractivity contribution in [2.75, 3.05) is 13.2 Å². The monoisotopic (exact) mass is 689 g/mol. The van der Waals surface area contributed by atoms with Crippen molar-refractivity contribution in [3.63, 3.8) is 0 Å². The lowest BCUT2D eigenvalue weighted by Crippen LogP contribution is -2.51. The van der Waals surface area contributed by atoms with Crippen LogP contribution in [0.25, 0.3) is 20.5 Å². The van der Waals surface area contributed by atoms with E-state index in [0.29, 0.717) is 10.1 Å². The SMILES string of the molecule is CC(C)(N)CC(N)C(C)(C)C(=O)OCC(F)(F)OC(F)(F)OC(F)(F)OC(F)(F)COc1ccc2cc(-c3cccnc3)sc2c1. The first-order chi connectivity index (χ1) is 20.9. The summed E-state index contributed by atoms with van der Waals surface area (Å²) in [5.74, 6) is -1.59. The van der Waals surface area contributed by atoms with Crippen molar-refractivity contribution < 1.29 is 63.6 Å². The van der Waals surface area contributed by atoms with Crippen LogP contribution in [0, 0.1) is 5.41 Å². The molecule has 0 amide bonds. The molecule has 1 atom stereocenters. The Kier molecular flexibility index (Phi) is 11.0. The fourth-order valence-corrected chi connectivity index (χ4v) is 4.90. The largest absolute Gasteiger partial charge is 0.496 e. The van der Waals surface area contributed by atoms with Gasteiger partial charge in [0.1, 0.15) is 5.75 Å². The maximum absolute atomic E-state index is 14.1. The summed E-state index contributed by atoms with van der Waals surface area (Å²) in [7, 11) is 0. The molecule has 2 heterocycles. The van der Waals surface area contributed by atoms with E-state index in [-0.39, 0.29) is 12.2 Å². The van der Waals surface area contributed by atoms with Gasteiger partial charge in [-0.1, -0.05) is 6.07 Å². The van der Waals surface area contributed by atoms with Crippen LogP contribution in [0.3, 0.4) is 0 Å². The van der Waals surface area contributed by atoms with Crippen LogP contribution in [0.5, 0.6) is 5.75 Å². The molecule has 0 saturated heterocycles. The zero-order valence-corrected chi connectivity index (χ0v) is 25.6. The normalized spacial score (nSPS) is 14.4. The number of thiophene rings is 1. The van der Waals surface area contributed by atoms with E-state index in [4.69, 9.17) is 16.2 Å². The van der Waals surface area contributed by atoms with E-state index in [9.17, 15) is 39.9 Å². The van der Waals surface area contributed by atoms with Crippen LogP contribution in [0.4, 0.5) is 35.1 Å². The van der Waals surface area contributed by atoms with Crippen molar-refractivity contribution in [2.24, 2.45) is 16.9 Å². The first kappa shape index (κ1) is 37.3. The summed E-state index contributed by atoms with van der Waals surface area (Å²) in [6.07, 6.45) is -18.7. The summed E-state index contributed by atoms with van der Waals surface area (Å²) < 4.78 is 130. The lowest BCUT2D eigenvalue weighted by molar-refractivity contribution is -0.574. The summed E-state index contributed by atoms with van der Waals surface area (Å²) in [5.41, 5.74) is 9.98. The number of fused-ring (bicyclic) bond motifs is 1. The minimum Gasteiger partial charge on any atom is -0.484 e. The van der Waals surface area contributed by atoms with Crippen LogP contribution in [-0.4, -0.2) is 60.6 Å². The quantitative estimate of drug-likeness (QED) is 0.0959. The van der Waals surface area contributed by atoms with Gasteiger partial charge in [-0.25, -0.2) is 14.2 Å². The molecular weight excluding hydrogens is 658 g/mol. The maximum Gasteiger partial charge on any atom is 0.496 e. The van der Waals surface area contributed by atoms with E-state index in [1.807, 2.05) is 0 Å². The highest BCUT2D eigenvalue weighted by molar-refractivity contribution is 7.22. The third-order valence-electron chi connectivity index (χ3n) is 6.19.